The molecular formula is C26H20O2S. The minimum Gasteiger partial charge on any atom is -0.462 e. The van der Waals surface area contributed by atoms with E-state index in [1.807, 2.05) is 11.3 Å². The lowest BCUT2D eigenvalue weighted by Crippen LogP contribution is -2.04. The normalized spacial score (nSPS) is 11.5. The quantitative estimate of drug-likeness (QED) is 0.243. The maximum Gasteiger partial charge on any atom is 0.330 e. The minimum atomic E-state index is -0.376. The van der Waals surface area contributed by atoms with Crippen molar-refractivity contribution >= 4 is 59.0 Å². The molecule has 0 amide bonds. The predicted molar refractivity (Wildman–Crippen MR) is 124 cm³/mol. The first kappa shape index (κ1) is 17.9. The molecule has 0 radical (unpaired) electrons. The lowest BCUT2D eigenvalue weighted by Gasteiger charge is -2.10. The first-order valence-corrected chi connectivity index (χ1v) is 10.5. The lowest BCUT2D eigenvalue weighted by molar-refractivity contribution is -0.137. The van der Waals surface area contributed by atoms with E-state index >= 15 is 0 Å². The van der Waals surface area contributed by atoms with Gasteiger partial charge in [0.1, 0.15) is 0 Å². The number of benzene rings is 4. The van der Waals surface area contributed by atoms with Crippen LogP contribution in [0.25, 0.3) is 41.7 Å². The Bertz CT molecular complexity index is 1430. The van der Waals surface area contributed by atoms with Gasteiger partial charge in [-0.15, -0.1) is 11.3 Å². The summed E-state index contributed by atoms with van der Waals surface area (Å²) in [6, 6.07) is 21.7. The van der Waals surface area contributed by atoms with Gasteiger partial charge in [0.15, 0.2) is 0 Å². The van der Waals surface area contributed by atoms with E-state index in [1.54, 1.807) is 0 Å². The monoisotopic (exact) mass is 396 g/mol. The van der Waals surface area contributed by atoms with Crippen LogP contribution in [0.2, 0.25) is 0 Å². The lowest BCUT2D eigenvalue weighted by atomic mass is 9.95. The molecule has 4 aromatic carbocycles. The van der Waals surface area contributed by atoms with Crippen molar-refractivity contribution in [2.24, 2.45) is 0 Å². The van der Waals surface area contributed by atoms with Gasteiger partial charge in [0.05, 0.1) is 6.61 Å². The Balaban J connectivity index is 1.81. The molecule has 5 aromatic rings. The van der Waals surface area contributed by atoms with Gasteiger partial charge in [-0.3, -0.25) is 0 Å². The fraction of sp³-hybridized carbons (Fsp3) is 0.115. The molecule has 0 unspecified atom stereocenters. The number of rotatable bonds is 4. The van der Waals surface area contributed by atoms with Crippen LogP contribution < -0.4 is 0 Å². The summed E-state index contributed by atoms with van der Waals surface area (Å²) in [6.07, 6.45) is 1.89. The van der Waals surface area contributed by atoms with Crippen LogP contribution in [0.1, 0.15) is 11.1 Å². The second-order valence-corrected chi connectivity index (χ2v) is 8.32. The molecule has 0 aliphatic heterocycles. The Kier molecular flexibility index (Phi) is 4.33. The molecule has 142 valence electrons. The van der Waals surface area contributed by atoms with Gasteiger partial charge in [0.2, 0.25) is 0 Å². The molecule has 2 nitrogen and oxygen atoms in total. The van der Waals surface area contributed by atoms with E-state index in [4.69, 9.17) is 4.74 Å². The second kappa shape index (κ2) is 7.02. The van der Waals surface area contributed by atoms with E-state index in [0.29, 0.717) is 13.0 Å². The third-order valence-electron chi connectivity index (χ3n) is 5.53. The molecule has 5 rings (SSSR count). The largest absolute Gasteiger partial charge is 0.462 e. The van der Waals surface area contributed by atoms with Gasteiger partial charge in [-0.25, -0.2) is 4.79 Å². The van der Waals surface area contributed by atoms with E-state index in [2.05, 4.69) is 74.2 Å². The molecule has 0 saturated carbocycles. The number of aryl methyl sites for hydroxylation is 1. The zero-order chi connectivity index (χ0) is 20.0. The molecule has 3 heteroatoms. The summed E-state index contributed by atoms with van der Waals surface area (Å²) in [5.74, 6) is -0.376. The van der Waals surface area contributed by atoms with Crippen molar-refractivity contribution in [3.8, 4) is 0 Å². The third-order valence-corrected chi connectivity index (χ3v) is 6.90. The summed E-state index contributed by atoms with van der Waals surface area (Å²) in [7, 11) is 0. The molecular weight excluding hydrogens is 376 g/mol. The van der Waals surface area contributed by atoms with Crippen molar-refractivity contribution in [1.82, 2.24) is 0 Å². The molecule has 0 aliphatic carbocycles. The predicted octanol–water partition coefficient (Wildman–Crippen LogP) is 6.94. The first-order chi connectivity index (χ1) is 14.2. The molecule has 0 aliphatic rings. The SMILES string of the molecule is C=CC(=O)OCCc1cccc2cc(C)c3sc4c5ccccc5ccc4c3c12. The van der Waals surface area contributed by atoms with Crippen LogP contribution in [-0.4, -0.2) is 12.6 Å². The Morgan fingerprint density at radius 1 is 0.966 bits per heavy atom. The molecule has 0 bridgehead atoms. The van der Waals surface area contributed by atoms with Crippen LogP contribution in [0.3, 0.4) is 0 Å². The summed E-state index contributed by atoms with van der Waals surface area (Å²) in [5.41, 5.74) is 2.50. The molecule has 0 N–H and O–H groups in total. The fourth-order valence-electron chi connectivity index (χ4n) is 4.22. The number of carbonyl (C=O) groups excluding carboxylic acids is 1. The topological polar surface area (TPSA) is 26.3 Å². The van der Waals surface area contributed by atoms with E-state index in [0.717, 1.165) is 0 Å². The van der Waals surface area contributed by atoms with Crippen LogP contribution >= 0.6 is 11.3 Å². The Labute approximate surface area is 173 Å². The van der Waals surface area contributed by atoms with E-state index in [-0.39, 0.29) is 5.97 Å². The van der Waals surface area contributed by atoms with Crippen molar-refractivity contribution in [2.45, 2.75) is 13.3 Å². The number of fused-ring (bicyclic) bond motifs is 7. The first-order valence-electron chi connectivity index (χ1n) is 9.72. The number of thiophene rings is 1. The van der Waals surface area contributed by atoms with Crippen molar-refractivity contribution in [3.63, 3.8) is 0 Å². The highest BCUT2D eigenvalue weighted by molar-refractivity contribution is 7.27. The number of carbonyl (C=O) groups is 1. The van der Waals surface area contributed by atoms with Gasteiger partial charge in [-0.05, 0) is 45.7 Å². The summed E-state index contributed by atoms with van der Waals surface area (Å²) in [6.45, 7) is 6.01. The van der Waals surface area contributed by atoms with Crippen molar-refractivity contribution < 1.29 is 9.53 Å². The third kappa shape index (κ3) is 2.90. The van der Waals surface area contributed by atoms with Crippen LogP contribution in [0, 0.1) is 6.92 Å². The molecule has 1 heterocycles. The standard InChI is InChI=1S/C26H20O2S/c1-3-22(27)28-14-13-18-8-6-9-19-15-16(2)25-24(23(18)19)21-12-11-17-7-4-5-10-20(17)26(21)29-25/h3-12,15H,1,13-14H2,2H3. The number of hydrogen-bond acceptors (Lipinski definition) is 3. The maximum absolute atomic E-state index is 11.4. The van der Waals surface area contributed by atoms with E-state index < -0.39 is 0 Å². The van der Waals surface area contributed by atoms with Gasteiger partial charge in [-0.1, -0.05) is 61.2 Å². The second-order valence-electron chi connectivity index (χ2n) is 7.30. The van der Waals surface area contributed by atoms with Crippen molar-refractivity contribution in [2.75, 3.05) is 6.61 Å². The number of hydrogen-bond donors (Lipinski definition) is 0. The Morgan fingerprint density at radius 3 is 2.66 bits per heavy atom. The Hall–Kier alpha value is -3.17. The molecule has 0 atom stereocenters. The van der Waals surface area contributed by atoms with E-state index in [9.17, 15) is 4.79 Å². The van der Waals surface area contributed by atoms with Gasteiger partial charge >= 0.3 is 5.97 Å². The highest BCUT2D eigenvalue weighted by Gasteiger charge is 2.15. The smallest absolute Gasteiger partial charge is 0.330 e. The highest BCUT2D eigenvalue weighted by atomic mass is 32.1. The summed E-state index contributed by atoms with van der Waals surface area (Å²) < 4.78 is 7.92. The molecule has 1 aromatic heterocycles. The van der Waals surface area contributed by atoms with E-state index in [1.165, 1.54) is 58.9 Å². The zero-order valence-electron chi connectivity index (χ0n) is 16.2. The van der Waals surface area contributed by atoms with Crippen LogP contribution in [-0.2, 0) is 16.0 Å². The highest BCUT2D eigenvalue weighted by Crippen LogP contribution is 2.44. The average molecular weight is 397 g/mol. The summed E-state index contributed by atoms with van der Waals surface area (Å²) in [5, 5.41) is 7.69. The van der Waals surface area contributed by atoms with Gasteiger partial charge in [0.25, 0.3) is 0 Å². The van der Waals surface area contributed by atoms with Crippen LogP contribution in [0.15, 0.2) is 73.3 Å². The average Bonchev–Trinajstić information content (AvgIpc) is 3.14. The Morgan fingerprint density at radius 2 is 1.79 bits per heavy atom. The summed E-state index contributed by atoms with van der Waals surface area (Å²) in [4.78, 5) is 11.4. The van der Waals surface area contributed by atoms with Gasteiger partial charge < -0.3 is 4.74 Å². The minimum absolute atomic E-state index is 0.352. The van der Waals surface area contributed by atoms with Crippen molar-refractivity contribution in [1.29, 1.82) is 0 Å². The maximum atomic E-state index is 11.4. The van der Waals surface area contributed by atoms with Gasteiger partial charge in [0, 0.05) is 32.7 Å². The fourth-order valence-corrected chi connectivity index (χ4v) is 5.54. The van der Waals surface area contributed by atoms with Crippen LogP contribution in [0.5, 0.6) is 0 Å². The number of ether oxygens (including phenoxy) is 1. The van der Waals surface area contributed by atoms with Crippen molar-refractivity contribution in [3.05, 3.63) is 84.4 Å². The molecule has 0 saturated heterocycles. The number of esters is 1. The summed E-state index contributed by atoms with van der Waals surface area (Å²) >= 11 is 1.88. The van der Waals surface area contributed by atoms with Gasteiger partial charge in [-0.2, -0.15) is 0 Å². The molecule has 0 fully saturated rings. The zero-order valence-corrected chi connectivity index (χ0v) is 17.0. The van der Waals surface area contributed by atoms with Crippen LogP contribution in [0.4, 0.5) is 0 Å². The molecule has 0 spiro atoms. The molecule has 29 heavy (non-hydrogen) atoms.